The quantitative estimate of drug-likeness (QED) is 0.779. The van der Waals surface area contributed by atoms with Crippen LogP contribution in [0.15, 0.2) is 35.1 Å². The lowest BCUT2D eigenvalue weighted by Crippen LogP contribution is -1.92. The fraction of sp³-hybridized carbons (Fsp3) is 0. The molecular formula is C10H5BrFN2. The third-order valence-electron chi connectivity index (χ3n) is 1.71. The van der Waals surface area contributed by atoms with Gasteiger partial charge in [-0.2, -0.15) is 4.39 Å². The third-order valence-corrected chi connectivity index (χ3v) is 2.37. The highest BCUT2D eigenvalue weighted by atomic mass is 79.9. The highest BCUT2D eigenvalue weighted by Gasteiger charge is 2.09. The van der Waals surface area contributed by atoms with Crippen LogP contribution in [0.3, 0.4) is 0 Å². The summed E-state index contributed by atoms with van der Waals surface area (Å²) in [5, 5.41) is 0. The lowest BCUT2D eigenvalue weighted by Gasteiger charge is -2.02. The Kier molecular flexibility index (Phi) is 2.54. The predicted molar refractivity (Wildman–Crippen MR) is 54.0 cm³/mol. The van der Waals surface area contributed by atoms with Crippen LogP contribution in [0.5, 0.6) is 0 Å². The van der Waals surface area contributed by atoms with Gasteiger partial charge in [-0.25, -0.2) is 9.97 Å². The molecule has 1 heterocycles. The molecule has 0 saturated carbocycles. The fourth-order valence-electron chi connectivity index (χ4n) is 1.10. The second-order valence-electron chi connectivity index (χ2n) is 2.59. The van der Waals surface area contributed by atoms with Crippen molar-refractivity contribution in [2.24, 2.45) is 0 Å². The van der Waals surface area contributed by atoms with Crippen molar-refractivity contribution < 1.29 is 4.39 Å². The van der Waals surface area contributed by atoms with Crippen molar-refractivity contribution in [3.8, 4) is 11.3 Å². The molecule has 0 aliphatic heterocycles. The molecule has 0 aliphatic carbocycles. The number of hydrogen-bond donors (Lipinski definition) is 0. The summed E-state index contributed by atoms with van der Waals surface area (Å²) in [5.41, 5.74) is 0.884. The van der Waals surface area contributed by atoms with Gasteiger partial charge in [0.2, 0.25) is 5.95 Å². The van der Waals surface area contributed by atoms with Gasteiger partial charge >= 0.3 is 0 Å². The first-order valence-electron chi connectivity index (χ1n) is 3.92. The van der Waals surface area contributed by atoms with E-state index in [1.807, 2.05) is 0 Å². The number of benzene rings is 1. The molecule has 0 saturated heterocycles. The van der Waals surface area contributed by atoms with Gasteiger partial charge in [0, 0.05) is 22.4 Å². The molecule has 0 N–H and O–H groups in total. The highest BCUT2D eigenvalue weighted by Crippen LogP contribution is 2.26. The van der Waals surface area contributed by atoms with Crippen molar-refractivity contribution in [3.05, 3.63) is 47.1 Å². The van der Waals surface area contributed by atoms with Crippen molar-refractivity contribution in [1.29, 1.82) is 0 Å². The van der Waals surface area contributed by atoms with E-state index in [2.05, 4.69) is 32.0 Å². The molecule has 0 atom stereocenters. The second-order valence-corrected chi connectivity index (χ2v) is 3.39. The number of halogens is 2. The Labute approximate surface area is 89.0 Å². The minimum atomic E-state index is -0.576. The van der Waals surface area contributed by atoms with Gasteiger partial charge in [-0.1, -0.05) is 18.2 Å². The van der Waals surface area contributed by atoms with Crippen molar-refractivity contribution in [1.82, 2.24) is 9.97 Å². The Morgan fingerprint density at radius 1 is 1.29 bits per heavy atom. The topological polar surface area (TPSA) is 25.8 Å². The van der Waals surface area contributed by atoms with E-state index >= 15 is 0 Å². The molecule has 1 radical (unpaired) electrons. The second kappa shape index (κ2) is 3.84. The van der Waals surface area contributed by atoms with Crippen LogP contribution in [0.25, 0.3) is 11.3 Å². The summed E-state index contributed by atoms with van der Waals surface area (Å²) in [6, 6.07) is 8.18. The van der Waals surface area contributed by atoms with Crippen LogP contribution in [-0.2, 0) is 0 Å². The van der Waals surface area contributed by atoms with Gasteiger partial charge in [-0.3, -0.25) is 0 Å². The van der Waals surface area contributed by atoms with Gasteiger partial charge in [0.1, 0.15) is 5.69 Å². The number of rotatable bonds is 1. The van der Waals surface area contributed by atoms with E-state index in [4.69, 9.17) is 0 Å². The summed E-state index contributed by atoms with van der Waals surface area (Å²) >= 11 is 3.28. The van der Waals surface area contributed by atoms with Gasteiger partial charge in [0.15, 0.2) is 0 Å². The largest absolute Gasteiger partial charge is 0.250 e. The summed E-state index contributed by atoms with van der Waals surface area (Å²) < 4.78 is 13.9. The Balaban J connectivity index is 2.61. The van der Waals surface area contributed by atoms with E-state index in [9.17, 15) is 4.39 Å². The summed E-state index contributed by atoms with van der Waals surface area (Å²) in [7, 11) is 0. The monoisotopic (exact) mass is 251 g/mol. The van der Waals surface area contributed by atoms with E-state index in [1.54, 1.807) is 18.2 Å². The summed E-state index contributed by atoms with van der Waals surface area (Å²) in [4.78, 5) is 7.45. The SMILES string of the molecule is Fc1nccnc1-c1ccc[c]c1Br. The zero-order valence-corrected chi connectivity index (χ0v) is 8.62. The van der Waals surface area contributed by atoms with E-state index < -0.39 is 5.95 Å². The summed E-state index contributed by atoms with van der Waals surface area (Å²) in [5.74, 6) is -0.576. The molecule has 0 spiro atoms. The number of hydrogen-bond acceptors (Lipinski definition) is 2. The molecule has 0 aliphatic rings. The molecular weight excluding hydrogens is 247 g/mol. The fourth-order valence-corrected chi connectivity index (χ4v) is 1.55. The van der Waals surface area contributed by atoms with Gasteiger partial charge in [0.25, 0.3) is 0 Å². The Hall–Kier alpha value is -1.29. The standard InChI is InChI=1S/C10H5BrFN2/c11-8-4-2-1-3-7(8)9-10(12)14-6-5-13-9/h1-3,5-6H. The minimum Gasteiger partial charge on any atom is -0.250 e. The smallest absolute Gasteiger partial charge is 0.239 e. The summed E-state index contributed by atoms with van der Waals surface area (Å²) in [6.07, 6.45) is 2.78. The highest BCUT2D eigenvalue weighted by molar-refractivity contribution is 9.10. The van der Waals surface area contributed by atoms with E-state index in [0.29, 0.717) is 10.0 Å². The third kappa shape index (κ3) is 1.65. The predicted octanol–water partition coefficient (Wildman–Crippen LogP) is 2.85. The van der Waals surface area contributed by atoms with Gasteiger partial charge in [-0.05, 0) is 22.0 Å². The molecule has 0 amide bonds. The molecule has 4 heteroatoms. The maximum atomic E-state index is 13.2. The van der Waals surface area contributed by atoms with Crippen LogP contribution < -0.4 is 0 Å². The van der Waals surface area contributed by atoms with Crippen LogP contribution in [0, 0.1) is 12.0 Å². The zero-order valence-electron chi connectivity index (χ0n) is 7.04. The molecule has 14 heavy (non-hydrogen) atoms. The van der Waals surface area contributed by atoms with E-state index in [1.165, 1.54) is 12.4 Å². The van der Waals surface area contributed by atoms with E-state index in [-0.39, 0.29) is 5.69 Å². The van der Waals surface area contributed by atoms with Crippen LogP contribution in [0.2, 0.25) is 0 Å². The van der Waals surface area contributed by atoms with Crippen molar-refractivity contribution >= 4 is 15.9 Å². The van der Waals surface area contributed by atoms with Crippen LogP contribution in [-0.4, -0.2) is 9.97 Å². The molecule has 69 valence electrons. The molecule has 1 aromatic carbocycles. The molecule has 2 nitrogen and oxygen atoms in total. The normalized spacial score (nSPS) is 10.1. The van der Waals surface area contributed by atoms with Crippen LogP contribution >= 0.6 is 15.9 Å². The zero-order chi connectivity index (χ0) is 9.97. The lowest BCUT2D eigenvalue weighted by atomic mass is 10.1. The Morgan fingerprint density at radius 2 is 2.07 bits per heavy atom. The first kappa shape index (κ1) is 9.27. The molecule has 0 bridgehead atoms. The molecule has 0 fully saturated rings. The number of nitrogens with zero attached hydrogens (tertiary/aromatic N) is 2. The molecule has 2 aromatic rings. The maximum Gasteiger partial charge on any atom is 0.239 e. The summed E-state index contributed by atoms with van der Waals surface area (Å²) in [6.45, 7) is 0. The van der Waals surface area contributed by atoms with Gasteiger partial charge in [-0.15, -0.1) is 0 Å². The lowest BCUT2D eigenvalue weighted by molar-refractivity contribution is 0.581. The van der Waals surface area contributed by atoms with Gasteiger partial charge < -0.3 is 0 Å². The first-order chi connectivity index (χ1) is 6.79. The van der Waals surface area contributed by atoms with Crippen LogP contribution in [0.4, 0.5) is 4.39 Å². The Bertz CT molecular complexity index is 416. The molecule has 2 rings (SSSR count). The average molecular weight is 252 g/mol. The van der Waals surface area contributed by atoms with Crippen LogP contribution in [0.1, 0.15) is 0 Å². The molecule has 0 unspecified atom stereocenters. The van der Waals surface area contributed by atoms with Gasteiger partial charge in [0.05, 0.1) is 0 Å². The maximum absolute atomic E-state index is 13.2. The first-order valence-corrected chi connectivity index (χ1v) is 4.71. The van der Waals surface area contributed by atoms with E-state index in [0.717, 1.165) is 0 Å². The average Bonchev–Trinajstić information content (AvgIpc) is 2.20. The molecule has 1 aromatic heterocycles. The van der Waals surface area contributed by atoms with Crippen molar-refractivity contribution in [2.75, 3.05) is 0 Å². The van der Waals surface area contributed by atoms with Crippen molar-refractivity contribution in [2.45, 2.75) is 0 Å². The minimum absolute atomic E-state index is 0.233. The Morgan fingerprint density at radius 3 is 2.79 bits per heavy atom. The van der Waals surface area contributed by atoms with Crippen molar-refractivity contribution in [3.63, 3.8) is 0 Å². The number of aromatic nitrogens is 2.